The fourth-order valence-electron chi connectivity index (χ4n) is 4.13. The average Bonchev–Trinajstić information content (AvgIpc) is 2.83. The summed E-state index contributed by atoms with van der Waals surface area (Å²) in [5.41, 5.74) is -3.37. The van der Waals surface area contributed by atoms with Crippen LogP contribution in [0.4, 0.5) is 0 Å². The molecule has 3 atom stereocenters. The molecule has 0 aliphatic carbocycles. The minimum absolute atomic E-state index is 0. The molecular weight excluding hydrogens is 643 g/mol. The summed E-state index contributed by atoms with van der Waals surface area (Å²) >= 11 is 11.8. The number of aliphatic carboxylic acids is 2. The van der Waals surface area contributed by atoms with E-state index in [1.54, 1.807) is 0 Å². The van der Waals surface area contributed by atoms with Gasteiger partial charge in [-0.3, -0.25) is 24.1 Å². The van der Waals surface area contributed by atoms with Gasteiger partial charge in [0.05, 0.1) is 39.5 Å². The Bertz CT molecular complexity index is 1470. The molecule has 3 amide bonds. The fraction of sp³-hybridized carbons (Fsp3) is 0.391. The number of halogens is 2. The number of nitrogens with zero attached hydrogens (tertiary/aromatic N) is 1. The number of amides is 3. The van der Waals surface area contributed by atoms with Gasteiger partial charge in [-0.1, -0.05) is 23.2 Å². The molecule has 19 heteroatoms. The van der Waals surface area contributed by atoms with Crippen LogP contribution in [0.1, 0.15) is 37.0 Å². The number of carboxylic acid groups (broad SMARTS) is 2. The van der Waals surface area contributed by atoms with E-state index in [1.807, 2.05) is 0 Å². The normalized spacial score (nSPS) is 19.9. The van der Waals surface area contributed by atoms with Gasteiger partial charge in [0.25, 0.3) is 11.8 Å². The van der Waals surface area contributed by atoms with E-state index in [2.05, 4.69) is 15.4 Å². The topological polar surface area (TPSA) is 219 Å². The van der Waals surface area contributed by atoms with Crippen LogP contribution in [0.25, 0.3) is 0 Å². The first-order valence-corrected chi connectivity index (χ1v) is 13.9. The maximum Gasteiger partial charge on any atom is 1.00 e. The Labute approximate surface area is 294 Å². The van der Waals surface area contributed by atoms with Crippen LogP contribution < -0.4 is 80.0 Å². The van der Waals surface area contributed by atoms with Crippen LogP contribution in [-0.2, 0) is 38.5 Å². The largest absolute Gasteiger partial charge is 1.00 e. The van der Waals surface area contributed by atoms with Gasteiger partial charge in [-0.2, -0.15) is 0 Å². The Morgan fingerprint density at radius 2 is 1.76 bits per heavy atom. The van der Waals surface area contributed by atoms with Crippen molar-refractivity contribution >= 4 is 68.7 Å². The molecule has 2 aliphatic heterocycles. The van der Waals surface area contributed by atoms with Crippen molar-refractivity contribution in [3.63, 3.8) is 0 Å². The number of hydrogen-bond acceptors (Lipinski definition) is 11. The predicted molar refractivity (Wildman–Crippen MR) is 132 cm³/mol. The van der Waals surface area contributed by atoms with Crippen molar-refractivity contribution in [2.24, 2.45) is 0 Å². The molecule has 1 aromatic carbocycles. The fourth-order valence-corrected chi connectivity index (χ4v) is 6.63. The van der Waals surface area contributed by atoms with E-state index in [9.17, 15) is 47.4 Å². The van der Waals surface area contributed by atoms with Crippen LogP contribution in [0, 0.1) is 0 Å². The van der Waals surface area contributed by atoms with Gasteiger partial charge < -0.3 is 35.2 Å². The first-order valence-electron chi connectivity index (χ1n) is 11.4. The summed E-state index contributed by atoms with van der Waals surface area (Å²) in [5.74, 6) is -8.30. The molecule has 0 bridgehead atoms. The average molecular weight is 664 g/mol. The maximum atomic E-state index is 12.8. The minimum atomic E-state index is -4.26. The number of fused-ring (bicyclic) bond motifs is 1. The van der Waals surface area contributed by atoms with Crippen LogP contribution >= 0.6 is 23.2 Å². The minimum Gasteiger partial charge on any atom is -0.548 e. The zero-order valence-corrected chi connectivity index (χ0v) is 29.1. The molecular formula is C23H21Cl2N3Na2O11S. The van der Waals surface area contributed by atoms with E-state index >= 15 is 0 Å². The molecule has 2 heterocycles. The summed E-state index contributed by atoms with van der Waals surface area (Å²) in [6, 6.07) is 2.19. The first-order chi connectivity index (χ1) is 18.5. The maximum absolute atomic E-state index is 12.8. The number of nitrogens with one attached hydrogen (secondary N) is 2. The first kappa shape index (κ1) is 38.3. The van der Waals surface area contributed by atoms with Crippen LogP contribution in [0.15, 0.2) is 29.5 Å². The number of carbonyl (C=O) groups is 6. The van der Waals surface area contributed by atoms with Gasteiger partial charge in [0.15, 0.2) is 15.2 Å². The number of carbonyl (C=O) groups excluding carboxylic acids is 6. The molecule has 1 saturated heterocycles. The van der Waals surface area contributed by atoms with Gasteiger partial charge in [0.2, 0.25) is 5.91 Å². The molecule has 2 N–H and O–H groups in total. The summed E-state index contributed by atoms with van der Waals surface area (Å²) in [5, 5.41) is 26.3. The van der Waals surface area contributed by atoms with Crippen molar-refractivity contribution in [2.75, 3.05) is 12.4 Å². The van der Waals surface area contributed by atoms with Gasteiger partial charge in [-0.05, 0) is 31.5 Å². The van der Waals surface area contributed by atoms with Crippen molar-refractivity contribution in [2.45, 2.75) is 43.6 Å². The van der Waals surface area contributed by atoms with E-state index < -0.39 is 93.3 Å². The van der Waals surface area contributed by atoms with Crippen molar-refractivity contribution < 1.29 is 111 Å². The number of sulfone groups is 1. The van der Waals surface area contributed by atoms with Gasteiger partial charge >= 0.3 is 65.1 Å². The number of esters is 1. The Morgan fingerprint density at radius 1 is 1.14 bits per heavy atom. The molecule has 216 valence electrons. The molecule has 1 unspecified atom stereocenters. The van der Waals surface area contributed by atoms with Crippen molar-refractivity contribution in [1.82, 2.24) is 15.5 Å². The summed E-state index contributed by atoms with van der Waals surface area (Å²) in [6.07, 6.45) is -1.16. The number of ether oxygens (including phenoxy) is 1. The summed E-state index contributed by atoms with van der Waals surface area (Å²) in [6.45, 7) is 1.38. The molecule has 0 spiro atoms. The van der Waals surface area contributed by atoms with E-state index in [4.69, 9.17) is 23.2 Å². The Hall–Kier alpha value is -1.69. The number of carboxylic acids is 2. The van der Waals surface area contributed by atoms with Gasteiger partial charge in [-0.25, -0.2) is 8.42 Å². The summed E-state index contributed by atoms with van der Waals surface area (Å²) in [4.78, 5) is 73.0. The zero-order chi connectivity index (χ0) is 30.2. The molecule has 3 rings (SSSR count). The monoisotopic (exact) mass is 663 g/mol. The van der Waals surface area contributed by atoms with Crippen LogP contribution in [0.5, 0.6) is 0 Å². The Kier molecular flexibility index (Phi) is 13.6. The summed E-state index contributed by atoms with van der Waals surface area (Å²) in [7, 11) is -4.26. The van der Waals surface area contributed by atoms with Crippen LogP contribution in [0.3, 0.4) is 0 Å². The summed E-state index contributed by atoms with van der Waals surface area (Å²) < 4.78 is 30.3. The predicted octanol–water partition coefficient (Wildman–Crippen LogP) is -8.33. The molecule has 42 heavy (non-hydrogen) atoms. The third-order valence-corrected chi connectivity index (χ3v) is 8.71. The van der Waals surface area contributed by atoms with E-state index in [1.165, 1.54) is 18.2 Å². The van der Waals surface area contributed by atoms with Crippen molar-refractivity contribution in [3.05, 3.63) is 45.1 Å². The van der Waals surface area contributed by atoms with Gasteiger partial charge in [0, 0.05) is 23.9 Å². The quantitative estimate of drug-likeness (QED) is 0.136. The van der Waals surface area contributed by atoms with Crippen molar-refractivity contribution in [3.8, 4) is 0 Å². The smallest absolute Gasteiger partial charge is 0.548 e. The number of β-lactam (4-membered cyclic amide) rings is 1. The number of benzene rings is 1. The molecule has 0 radical (unpaired) electrons. The third-order valence-electron chi connectivity index (χ3n) is 6.19. The van der Waals surface area contributed by atoms with Crippen molar-refractivity contribution in [1.29, 1.82) is 0 Å². The third kappa shape index (κ3) is 8.27. The number of rotatable bonds is 10. The van der Waals surface area contributed by atoms with Crippen LogP contribution in [0.2, 0.25) is 10.0 Å². The molecule has 2 aliphatic rings. The molecule has 1 fully saturated rings. The van der Waals surface area contributed by atoms with E-state index in [0.717, 1.165) is 13.8 Å². The molecule has 1 aromatic rings. The SMILES string of the molecule is CC(=O)OCC1=C(C(=O)[O-])N2C(=O)[C@@H](NC(=O)CCC(C)(NC(=O)c3ccc(Cl)cc3Cl)C(=O)[O-])[C@H]2S(=O)(=O)C1.[Na+].[Na+]. The molecule has 0 saturated carbocycles. The standard InChI is InChI=1S/C23H23Cl2N3O11S.2Na/c1-10(29)39-8-11-9-40(37,38)20-16(19(32)28(20)17(11)21(33)34)26-15(30)5-6-23(2,22(35)36)27-18(31)13-4-3-12(24)7-14(13)25;;/h3-4,7,16,20H,5-6,8-9H2,1-2H3,(H,26,30)(H,27,31)(H,33,34)(H,35,36);;/q;2*+1/p-2/t16-,20-,23?;;/m1../s1. The Balaban J connectivity index is 0.00000441. The van der Waals surface area contributed by atoms with Gasteiger partial charge in [0.1, 0.15) is 12.6 Å². The second kappa shape index (κ2) is 14.9. The Morgan fingerprint density at radius 3 is 2.29 bits per heavy atom. The molecule has 0 aromatic heterocycles. The van der Waals surface area contributed by atoms with Crippen LogP contribution in [-0.4, -0.2) is 78.3 Å². The second-order valence-electron chi connectivity index (χ2n) is 9.17. The number of hydrogen-bond donors (Lipinski definition) is 2. The van der Waals surface area contributed by atoms with E-state index in [-0.39, 0.29) is 80.3 Å². The molecule has 14 nitrogen and oxygen atoms in total. The second-order valence-corrected chi connectivity index (χ2v) is 12.1. The van der Waals surface area contributed by atoms with Gasteiger partial charge in [-0.15, -0.1) is 0 Å². The zero-order valence-electron chi connectivity index (χ0n) is 22.8. The van der Waals surface area contributed by atoms with E-state index in [0.29, 0.717) is 4.90 Å².